The van der Waals surface area contributed by atoms with Crippen molar-refractivity contribution in [1.82, 2.24) is 15.5 Å². The maximum atomic E-state index is 11.3. The molecule has 0 amide bonds. The van der Waals surface area contributed by atoms with Gasteiger partial charge in [0, 0.05) is 37.0 Å². The smallest absolute Gasteiger partial charge is 0.191 e. The predicted molar refractivity (Wildman–Crippen MR) is 129 cm³/mol. The molecule has 1 aromatic carbocycles. The van der Waals surface area contributed by atoms with E-state index < -0.39 is 9.84 Å². The third kappa shape index (κ3) is 8.42. The van der Waals surface area contributed by atoms with Crippen molar-refractivity contribution in [1.29, 1.82) is 0 Å². The van der Waals surface area contributed by atoms with Gasteiger partial charge in [0.05, 0.1) is 5.75 Å². The van der Waals surface area contributed by atoms with E-state index in [0.29, 0.717) is 25.0 Å². The zero-order valence-electron chi connectivity index (χ0n) is 16.8. The number of aliphatic imine (C=N–C) groups is 1. The highest BCUT2D eigenvalue weighted by atomic mass is 127. The number of sulfone groups is 1. The first-order valence-corrected chi connectivity index (χ1v) is 11.9. The number of piperidine rings is 1. The molecule has 0 aliphatic carbocycles. The molecule has 28 heavy (non-hydrogen) atoms. The fourth-order valence-corrected chi connectivity index (χ4v) is 4.24. The summed E-state index contributed by atoms with van der Waals surface area (Å²) in [5.74, 6) is 1.14. The van der Waals surface area contributed by atoms with E-state index >= 15 is 0 Å². The maximum Gasteiger partial charge on any atom is 0.191 e. The van der Waals surface area contributed by atoms with Gasteiger partial charge in [-0.15, -0.1) is 24.0 Å². The van der Waals surface area contributed by atoms with Crippen LogP contribution in [0.5, 0.6) is 0 Å². The van der Waals surface area contributed by atoms with E-state index in [1.807, 2.05) is 25.1 Å². The average Bonchev–Trinajstić information content (AvgIpc) is 2.58. The molecule has 0 saturated carbocycles. The fourth-order valence-electron chi connectivity index (χ4n) is 3.57. The van der Waals surface area contributed by atoms with Crippen LogP contribution in [0.2, 0.25) is 5.02 Å². The topological polar surface area (TPSA) is 73.8 Å². The Kier molecular flexibility index (Phi) is 11.1. The number of hydrogen-bond acceptors (Lipinski definition) is 4. The van der Waals surface area contributed by atoms with E-state index in [4.69, 9.17) is 16.6 Å². The predicted octanol–water partition coefficient (Wildman–Crippen LogP) is 2.94. The average molecular weight is 543 g/mol. The van der Waals surface area contributed by atoms with Gasteiger partial charge >= 0.3 is 0 Å². The molecular formula is C19H32ClIN4O2S. The van der Waals surface area contributed by atoms with Crippen LogP contribution in [0.4, 0.5) is 0 Å². The highest BCUT2D eigenvalue weighted by Gasteiger charge is 2.30. The molecular weight excluding hydrogens is 511 g/mol. The molecule has 2 rings (SSSR count). The Bertz CT molecular complexity index is 745. The van der Waals surface area contributed by atoms with Crippen LogP contribution in [0.25, 0.3) is 0 Å². The van der Waals surface area contributed by atoms with E-state index in [9.17, 15) is 8.42 Å². The first kappa shape index (κ1) is 25.5. The molecule has 1 aliphatic heterocycles. The van der Waals surface area contributed by atoms with Crippen molar-refractivity contribution in [2.45, 2.75) is 25.8 Å². The van der Waals surface area contributed by atoms with Gasteiger partial charge in [0.15, 0.2) is 5.96 Å². The number of hydrogen-bond donors (Lipinski definition) is 2. The molecule has 1 fully saturated rings. The van der Waals surface area contributed by atoms with Crippen LogP contribution in [0.1, 0.15) is 31.4 Å². The summed E-state index contributed by atoms with van der Waals surface area (Å²) in [6.45, 7) is 4.82. The van der Waals surface area contributed by atoms with Crippen molar-refractivity contribution in [3.05, 3.63) is 34.9 Å². The van der Waals surface area contributed by atoms with Crippen LogP contribution in [0.3, 0.4) is 0 Å². The summed E-state index contributed by atoms with van der Waals surface area (Å²) in [4.78, 5) is 7.10. The van der Waals surface area contributed by atoms with Crippen LogP contribution < -0.4 is 10.6 Å². The number of likely N-dealkylation sites (tertiary alicyclic amines) is 1. The number of halogens is 2. The van der Waals surface area contributed by atoms with E-state index in [2.05, 4.69) is 28.6 Å². The lowest BCUT2D eigenvalue weighted by Gasteiger charge is -2.39. The van der Waals surface area contributed by atoms with Crippen molar-refractivity contribution >= 4 is 51.4 Å². The second-order valence-corrected chi connectivity index (χ2v) is 9.86. The molecule has 0 bridgehead atoms. The standard InChI is InChI=1S/C19H31ClN4O2S.HI/c1-4-21-19(22-10-12-27(3,25)26)23-14-16-8-6-11-24(2)18(16)15-7-5-9-17(20)13-15;/h5,7,9,13,16,18H,4,6,8,10-12,14H2,1-3H3,(H2,21,22,23);1H. The zero-order valence-corrected chi connectivity index (χ0v) is 20.7. The number of nitrogens with one attached hydrogen (secondary N) is 2. The van der Waals surface area contributed by atoms with Crippen molar-refractivity contribution < 1.29 is 8.42 Å². The molecule has 0 aromatic heterocycles. The number of benzene rings is 1. The molecule has 160 valence electrons. The van der Waals surface area contributed by atoms with E-state index in [0.717, 1.165) is 31.0 Å². The van der Waals surface area contributed by atoms with Gasteiger partial charge in [-0.3, -0.25) is 9.89 Å². The Balaban J connectivity index is 0.00000392. The van der Waals surface area contributed by atoms with Crippen molar-refractivity contribution in [3.8, 4) is 0 Å². The van der Waals surface area contributed by atoms with Gasteiger partial charge in [0.2, 0.25) is 0 Å². The normalized spacial score (nSPS) is 21.1. The Morgan fingerprint density at radius 1 is 1.36 bits per heavy atom. The van der Waals surface area contributed by atoms with Crippen molar-refractivity contribution in [3.63, 3.8) is 0 Å². The SMILES string of the molecule is CCNC(=NCC1CCCN(C)C1c1cccc(Cl)c1)NCCS(C)(=O)=O.I. The molecule has 9 heteroatoms. The minimum absolute atomic E-state index is 0. The second-order valence-electron chi connectivity index (χ2n) is 7.16. The minimum atomic E-state index is -2.99. The Morgan fingerprint density at radius 2 is 2.11 bits per heavy atom. The van der Waals surface area contributed by atoms with Gasteiger partial charge in [0.1, 0.15) is 9.84 Å². The van der Waals surface area contributed by atoms with Gasteiger partial charge in [-0.05, 0) is 57.0 Å². The van der Waals surface area contributed by atoms with E-state index in [-0.39, 0.29) is 35.8 Å². The third-order valence-electron chi connectivity index (χ3n) is 4.79. The summed E-state index contributed by atoms with van der Waals surface area (Å²) < 4.78 is 22.6. The first-order valence-electron chi connectivity index (χ1n) is 9.45. The summed E-state index contributed by atoms with van der Waals surface area (Å²) in [6.07, 6.45) is 3.49. The quantitative estimate of drug-likeness (QED) is 0.315. The van der Waals surface area contributed by atoms with Gasteiger partial charge in [-0.2, -0.15) is 0 Å². The number of guanidine groups is 1. The fraction of sp³-hybridized carbons (Fsp3) is 0.632. The molecule has 1 aromatic rings. The number of nitrogens with zero attached hydrogens (tertiary/aromatic N) is 2. The van der Waals surface area contributed by atoms with E-state index in [1.165, 1.54) is 11.8 Å². The Morgan fingerprint density at radius 3 is 2.75 bits per heavy atom. The van der Waals surface area contributed by atoms with Crippen LogP contribution in [0.15, 0.2) is 29.3 Å². The van der Waals surface area contributed by atoms with Gasteiger partial charge in [0.25, 0.3) is 0 Å². The van der Waals surface area contributed by atoms with Gasteiger partial charge < -0.3 is 10.6 Å². The summed E-state index contributed by atoms with van der Waals surface area (Å²) >= 11 is 6.21. The molecule has 2 atom stereocenters. The zero-order chi connectivity index (χ0) is 19.9. The lowest BCUT2D eigenvalue weighted by Crippen LogP contribution is -2.41. The minimum Gasteiger partial charge on any atom is -0.357 e. The molecule has 2 N–H and O–H groups in total. The Labute approximate surface area is 191 Å². The second kappa shape index (κ2) is 12.2. The molecule has 0 radical (unpaired) electrons. The maximum absolute atomic E-state index is 11.3. The summed E-state index contributed by atoms with van der Waals surface area (Å²) in [7, 11) is -0.841. The summed E-state index contributed by atoms with van der Waals surface area (Å²) in [5.41, 5.74) is 1.22. The van der Waals surface area contributed by atoms with Gasteiger partial charge in [-0.1, -0.05) is 23.7 Å². The van der Waals surface area contributed by atoms with Gasteiger partial charge in [-0.25, -0.2) is 8.42 Å². The summed E-state index contributed by atoms with van der Waals surface area (Å²) in [6, 6.07) is 8.35. The first-order chi connectivity index (χ1) is 12.8. The largest absolute Gasteiger partial charge is 0.357 e. The highest BCUT2D eigenvalue weighted by molar-refractivity contribution is 14.0. The van der Waals surface area contributed by atoms with E-state index in [1.54, 1.807) is 0 Å². The van der Waals surface area contributed by atoms with Crippen LogP contribution >= 0.6 is 35.6 Å². The highest BCUT2D eigenvalue weighted by Crippen LogP contribution is 2.36. The van der Waals surface area contributed by atoms with Crippen molar-refractivity contribution in [2.75, 3.05) is 45.2 Å². The van der Waals surface area contributed by atoms with Crippen LogP contribution in [-0.2, 0) is 9.84 Å². The third-order valence-corrected chi connectivity index (χ3v) is 5.97. The number of rotatable bonds is 7. The lowest BCUT2D eigenvalue weighted by atomic mass is 9.85. The lowest BCUT2D eigenvalue weighted by molar-refractivity contribution is 0.125. The molecule has 1 aliphatic rings. The molecule has 2 unspecified atom stereocenters. The molecule has 0 spiro atoms. The summed E-state index contributed by atoms with van der Waals surface area (Å²) in [5, 5.41) is 7.06. The van der Waals surface area contributed by atoms with Crippen LogP contribution in [-0.4, -0.2) is 64.5 Å². The van der Waals surface area contributed by atoms with Crippen molar-refractivity contribution in [2.24, 2.45) is 10.9 Å². The molecule has 1 heterocycles. The Hall–Kier alpha value is -0.580. The monoisotopic (exact) mass is 542 g/mol. The molecule has 1 saturated heterocycles. The van der Waals surface area contributed by atoms with Crippen LogP contribution in [0, 0.1) is 5.92 Å². The molecule has 6 nitrogen and oxygen atoms in total.